The Morgan fingerprint density at radius 1 is 1.20 bits per heavy atom. The molecule has 0 amide bonds. The number of hydrogen-bond donors (Lipinski definition) is 0. The van der Waals surface area contributed by atoms with Crippen molar-refractivity contribution in [1.82, 2.24) is 0 Å². The van der Waals surface area contributed by atoms with Crippen LogP contribution >= 0.6 is 0 Å². The SMILES string of the molecule is Cc1c(C=O)ccc(OCC2CC[N-]CC2)c1C.[Y].[Y]. The van der Waals surface area contributed by atoms with Gasteiger partial charge in [-0.1, -0.05) is 12.8 Å². The number of piperidine rings is 1. The van der Waals surface area contributed by atoms with Crippen LogP contribution in [-0.2, 0) is 65.4 Å². The number of aldehydes is 1. The molecule has 1 aromatic rings. The average molecular weight is 424 g/mol. The Morgan fingerprint density at radius 2 is 1.85 bits per heavy atom. The Balaban J connectivity index is 0.00000180. The van der Waals surface area contributed by atoms with Gasteiger partial charge in [0.1, 0.15) is 12.0 Å². The molecular weight excluding hydrogens is 404 g/mol. The fourth-order valence-corrected chi connectivity index (χ4v) is 2.28. The Kier molecular flexibility index (Phi) is 11.0. The number of carbonyl (C=O) groups excluding carboxylic acids is 1. The van der Waals surface area contributed by atoms with Crippen molar-refractivity contribution in [1.29, 1.82) is 0 Å². The first-order valence-electron chi connectivity index (χ1n) is 6.54. The molecule has 1 fully saturated rings. The molecule has 0 bridgehead atoms. The average Bonchev–Trinajstić information content (AvgIpc) is 2.42. The molecule has 0 unspecified atom stereocenters. The van der Waals surface area contributed by atoms with Crippen molar-refractivity contribution in [3.05, 3.63) is 34.1 Å². The van der Waals surface area contributed by atoms with Crippen molar-refractivity contribution in [2.45, 2.75) is 26.7 Å². The predicted octanol–water partition coefficient (Wildman–Crippen LogP) is 3.27. The van der Waals surface area contributed by atoms with Gasteiger partial charge >= 0.3 is 0 Å². The number of benzene rings is 1. The summed E-state index contributed by atoms with van der Waals surface area (Å²) in [5, 5.41) is 4.34. The molecule has 1 aliphatic heterocycles. The minimum Gasteiger partial charge on any atom is -0.662 e. The largest absolute Gasteiger partial charge is 0.662 e. The van der Waals surface area contributed by atoms with E-state index >= 15 is 0 Å². The van der Waals surface area contributed by atoms with E-state index in [-0.39, 0.29) is 65.4 Å². The van der Waals surface area contributed by atoms with E-state index in [0.29, 0.717) is 5.92 Å². The van der Waals surface area contributed by atoms with Crippen molar-refractivity contribution < 1.29 is 74.9 Å². The van der Waals surface area contributed by atoms with Crippen molar-refractivity contribution in [3.8, 4) is 5.75 Å². The topological polar surface area (TPSA) is 40.4 Å². The molecule has 20 heavy (non-hydrogen) atoms. The summed E-state index contributed by atoms with van der Waals surface area (Å²) in [5.74, 6) is 1.52. The maximum absolute atomic E-state index is 10.8. The summed E-state index contributed by atoms with van der Waals surface area (Å²) in [6, 6.07) is 3.74. The molecule has 3 nitrogen and oxygen atoms in total. The zero-order valence-electron chi connectivity index (χ0n) is 12.3. The third-order valence-corrected chi connectivity index (χ3v) is 3.77. The first-order chi connectivity index (χ1) is 8.72. The van der Waals surface area contributed by atoms with Crippen molar-refractivity contribution in [2.24, 2.45) is 5.92 Å². The minimum absolute atomic E-state index is 0. The summed E-state index contributed by atoms with van der Waals surface area (Å²) in [6.07, 6.45) is 3.16. The molecule has 104 valence electrons. The van der Waals surface area contributed by atoms with Gasteiger partial charge in [0.2, 0.25) is 0 Å². The van der Waals surface area contributed by atoms with Crippen LogP contribution in [0.3, 0.4) is 0 Å². The van der Waals surface area contributed by atoms with E-state index in [1.54, 1.807) is 0 Å². The summed E-state index contributed by atoms with van der Waals surface area (Å²) in [6.45, 7) is 6.67. The van der Waals surface area contributed by atoms with E-state index in [2.05, 4.69) is 5.32 Å². The number of hydrogen-bond acceptors (Lipinski definition) is 2. The van der Waals surface area contributed by atoms with E-state index in [1.807, 2.05) is 26.0 Å². The third kappa shape index (κ3) is 5.57. The summed E-state index contributed by atoms with van der Waals surface area (Å²) in [4.78, 5) is 10.8. The first-order valence-corrected chi connectivity index (χ1v) is 6.54. The Bertz CT molecular complexity index is 432. The summed E-state index contributed by atoms with van der Waals surface area (Å²) in [5.41, 5.74) is 2.83. The summed E-state index contributed by atoms with van der Waals surface area (Å²) >= 11 is 0. The normalized spacial score (nSPS) is 14.9. The molecule has 5 heteroatoms. The zero-order chi connectivity index (χ0) is 13.0. The van der Waals surface area contributed by atoms with Gasteiger partial charge in [0, 0.05) is 71.0 Å². The second-order valence-electron chi connectivity index (χ2n) is 4.95. The molecule has 0 N–H and O–H groups in total. The molecule has 1 saturated heterocycles. The van der Waals surface area contributed by atoms with E-state index in [4.69, 9.17) is 4.74 Å². The van der Waals surface area contributed by atoms with Gasteiger partial charge in [-0.15, -0.1) is 13.1 Å². The van der Waals surface area contributed by atoms with E-state index in [1.165, 1.54) is 0 Å². The molecular formula is C15H20NO2Y2-. The van der Waals surface area contributed by atoms with Crippen LogP contribution in [0.4, 0.5) is 0 Å². The van der Waals surface area contributed by atoms with Crippen LogP contribution in [0, 0.1) is 19.8 Å². The van der Waals surface area contributed by atoms with Crippen molar-refractivity contribution in [3.63, 3.8) is 0 Å². The molecule has 1 aliphatic rings. The molecule has 0 spiro atoms. The van der Waals surface area contributed by atoms with Crippen LogP contribution in [0.5, 0.6) is 5.75 Å². The molecule has 2 radical (unpaired) electrons. The van der Waals surface area contributed by atoms with Crippen LogP contribution in [-0.4, -0.2) is 26.0 Å². The first kappa shape index (κ1) is 20.9. The second kappa shape index (κ2) is 10.6. The van der Waals surface area contributed by atoms with Gasteiger partial charge < -0.3 is 10.1 Å². The third-order valence-electron chi connectivity index (χ3n) is 3.77. The second-order valence-corrected chi connectivity index (χ2v) is 4.95. The summed E-state index contributed by atoms with van der Waals surface area (Å²) in [7, 11) is 0. The molecule has 2 rings (SSSR count). The van der Waals surface area contributed by atoms with Gasteiger partial charge in [0.05, 0.1) is 6.61 Å². The van der Waals surface area contributed by atoms with Crippen LogP contribution in [0.1, 0.15) is 34.3 Å². The quantitative estimate of drug-likeness (QED) is 0.697. The molecule has 1 heterocycles. The number of nitrogens with zero attached hydrogens (tertiary/aromatic N) is 1. The fraction of sp³-hybridized carbons (Fsp3) is 0.533. The number of carbonyl (C=O) groups is 1. The number of ether oxygens (including phenoxy) is 1. The number of rotatable bonds is 4. The molecule has 0 aliphatic carbocycles. The Labute approximate surface area is 171 Å². The molecule has 0 saturated carbocycles. The standard InChI is InChI=1S/C15H20NO2.2Y/c1-11-12(2)15(4-3-14(11)9-17)18-10-13-5-7-16-8-6-13;;/h3-4,9,13H,5-8,10H2,1-2H3;;/q-1;;. The maximum atomic E-state index is 10.8. The van der Waals surface area contributed by atoms with Gasteiger partial charge in [0.15, 0.2) is 0 Å². The smallest absolute Gasteiger partial charge is 0.150 e. The van der Waals surface area contributed by atoms with Gasteiger partial charge in [-0.25, -0.2) is 0 Å². The Hall–Kier alpha value is 0.858. The van der Waals surface area contributed by atoms with Crippen molar-refractivity contribution >= 4 is 6.29 Å². The van der Waals surface area contributed by atoms with Gasteiger partial charge in [-0.3, -0.25) is 4.79 Å². The van der Waals surface area contributed by atoms with E-state index < -0.39 is 0 Å². The van der Waals surface area contributed by atoms with Crippen LogP contribution < -0.4 is 4.74 Å². The van der Waals surface area contributed by atoms with Crippen LogP contribution in [0.25, 0.3) is 5.32 Å². The summed E-state index contributed by atoms with van der Waals surface area (Å²) < 4.78 is 5.90. The van der Waals surface area contributed by atoms with E-state index in [0.717, 1.165) is 61.3 Å². The zero-order valence-corrected chi connectivity index (χ0v) is 17.9. The fourth-order valence-electron chi connectivity index (χ4n) is 2.28. The minimum atomic E-state index is 0. The van der Waals surface area contributed by atoms with Gasteiger partial charge in [0.25, 0.3) is 0 Å². The Morgan fingerprint density at radius 3 is 2.45 bits per heavy atom. The molecule has 1 aromatic carbocycles. The van der Waals surface area contributed by atoms with Crippen LogP contribution in [0.2, 0.25) is 0 Å². The molecule has 0 aromatic heterocycles. The maximum Gasteiger partial charge on any atom is 0.150 e. The monoisotopic (exact) mass is 424 g/mol. The van der Waals surface area contributed by atoms with Gasteiger partial charge in [-0.2, -0.15) is 0 Å². The predicted molar refractivity (Wildman–Crippen MR) is 72.6 cm³/mol. The van der Waals surface area contributed by atoms with Gasteiger partial charge in [-0.05, 0) is 43.0 Å². The van der Waals surface area contributed by atoms with Crippen molar-refractivity contribution in [2.75, 3.05) is 19.7 Å². The van der Waals surface area contributed by atoms with E-state index in [9.17, 15) is 4.79 Å². The van der Waals surface area contributed by atoms with Crippen LogP contribution in [0.15, 0.2) is 12.1 Å². The molecule has 0 atom stereocenters.